The quantitative estimate of drug-likeness (QED) is 0.455. The van der Waals surface area contributed by atoms with Gasteiger partial charge in [0.15, 0.2) is 0 Å². The molecule has 0 aliphatic heterocycles. The SMILES string of the molecule is CS(=O)(=O)CCC(NC(=O)C1(CNC(=O)OCC2c3ccccc3-c3ccccc32)CC1)C(=O)O. The van der Waals surface area contributed by atoms with E-state index in [1.807, 2.05) is 48.5 Å². The van der Waals surface area contributed by atoms with Crippen molar-refractivity contribution >= 4 is 27.8 Å². The lowest BCUT2D eigenvalue weighted by atomic mass is 9.98. The van der Waals surface area contributed by atoms with Gasteiger partial charge in [-0.15, -0.1) is 0 Å². The first-order chi connectivity index (χ1) is 16.6. The molecule has 10 heteroatoms. The van der Waals surface area contributed by atoms with E-state index in [4.69, 9.17) is 4.74 Å². The predicted octanol–water partition coefficient (Wildman–Crippen LogP) is 2.31. The second kappa shape index (κ2) is 9.69. The number of amides is 2. The minimum atomic E-state index is -3.37. The van der Waals surface area contributed by atoms with Crippen molar-refractivity contribution in [1.29, 1.82) is 0 Å². The Kier molecular flexibility index (Phi) is 6.84. The summed E-state index contributed by atoms with van der Waals surface area (Å²) in [7, 11) is -3.37. The van der Waals surface area contributed by atoms with Crippen molar-refractivity contribution in [2.24, 2.45) is 5.41 Å². The summed E-state index contributed by atoms with van der Waals surface area (Å²) in [6.07, 6.45) is 1.10. The molecule has 0 aromatic heterocycles. The van der Waals surface area contributed by atoms with Gasteiger partial charge in [0.05, 0.1) is 11.2 Å². The number of carbonyl (C=O) groups excluding carboxylic acids is 2. The molecule has 2 aliphatic rings. The van der Waals surface area contributed by atoms with Crippen molar-refractivity contribution in [2.45, 2.75) is 31.2 Å². The van der Waals surface area contributed by atoms with Gasteiger partial charge in [-0.25, -0.2) is 18.0 Å². The minimum Gasteiger partial charge on any atom is -0.480 e. The molecule has 0 heterocycles. The number of benzene rings is 2. The Hall–Kier alpha value is -3.40. The van der Waals surface area contributed by atoms with E-state index in [-0.39, 0.29) is 31.2 Å². The fourth-order valence-electron chi connectivity index (χ4n) is 4.43. The summed E-state index contributed by atoms with van der Waals surface area (Å²) in [5.41, 5.74) is 3.51. The summed E-state index contributed by atoms with van der Waals surface area (Å²) in [4.78, 5) is 36.6. The van der Waals surface area contributed by atoms with E-state index >= 15 is 0 Å². The Bertz CT molecular complexity index is 1210. The third-order valence-corrected chi connectivity index (χ3v) is 7.61. The van der Waals surface area contributed by atoms with Crippen LogP contribution < -0.4 is 10.6 Å². The van der Waals surface area contributed by atoms with Gasteiger partial charge in [0.2, 0.25) is 5.91 Å². The maximum absolute atomic E-state index is 12.7. The van der Waals surface area contributed by atoms with Crippen LogP contribution in [0.1, 0.15) is 36.3 Å². The zero-order valence-electron chi connectivity index (χ0n) is 19.3. The number of hydrogen-bond donors (Lipinski definition) is 3. The van der Waals surface area contributed by atoms with Gasteiger partial charge in [-0.1, -0.05) is 48.5 Å². The summed E-state index contributed by atoms with van der Waals surface area (Å²) in [5, 5.41) is 14.4. The Morgan fingerprint density at radius 1 is 1.06 bits per heavy atom. The lowest BCUT2D eigenvalue weighted by Crippen LogP contribution is -2.48. The normalized spacial score (nSPS) is 16.5. The van der Waals surface area contributed by atoms with Crippen LogP contribution in [-0.2, 0) is 24.2 Å². The van der Waals surface area contributed by atoms with Crippen molar-refractivity contribution in [1.82, 2.24) is 10.6 Å². The number of sulfone groups is 1. The molecule has 2 aromatic rings. The van der Waals surface area contributed by atoms with Gasteiger partial charge in [-0.2, -0.15) is 0 Å². The third-order valence-electron chi connectivity index (χ3n) is 6.63. The monoisotopic (exact) mass is 500 g/mol. The number of nitrogens with one attached hydrogen (secondary N) is 2. The van der Waals surface area contributed by atoms with Gasteiger partial charge < -0.3 is 20.5 Å². The van der Waals surface area contributed by atoms with Gasteiger partial charge in [0, 0.05) is 18.7 Å². The smallest absolute Gasteiger partial charge is 0.407 e. The molecular formula is C25H28N2O7S. The summed E-state index contributed by atoms with van der Waals surface area (Å²) in [5.74, 6) is -2.26. The number of ether oxygens (including phenoxy) is 1. The van der Waals surface area contributed by atoms with Crippen LogP contribution in [0.15, 0.2) is 48.5 Å². The number of carboxylic acid groups (broad SMARTS) is 1. The summed E-state index contributed by atoms with van der Waals surface area (Å²) in [6, 6.07) is 14.7. The van der Waals surface area contributed by atoms with Crippen molar-refractivity contribution in [2.75, 3.05) is 25.2 Å². The molecule has 3 N–H and O–H groups in total. The average molecular weight is 501 g/mol. The van der Waals surface area contributed by atoms with Gasteiger partial charge >= 0.3 is 12.1 Å². The molecule has 186 valence electrons. The highest BCUT2D eigenvalue weighted by Crippen LogP contribution is 2.46. The molecule has 1 atom stereocenters. The highest BCUT2D eigenvalue weighted by atomic mass is 32.2. The topological polar surface area (TPSA) is 139 Å². The van der Waals surface area contributed by atoms with Gasteiger partial charge in [0.1, 0.15) is 22.5 Å². The number of rotatable bonds is 10. The van der Waals surface area contributed by atoms with E-state index in [1.54, 1.807) is 0 Å². The first-order valence-electron chi connectivity index (χ1n) is 11.4. The van der Waals surface area contributed by atoms with E-state index in [0.29, 0.717) is 12.8 Å². The molecule has 2 aliphatic carbocycles. The fraction of sp³-hybridized carbons (Fsp3) is 0.400. The van der Waals surface area contributed by atoms with Crippen molar-refractivity contribution in [3.05, 3.63) is 59.7 Å². The first-order valence-corrected chi connectivity index (χ1v) is 13.5. The van der Waals surface area contributed by atoms with Crippen LogP contribution in [0.3, 0.4) is 0 Å². The van der Waals surface area contributed by atoms with E-state index in [9.17, 15) is 27.9 Å². The van der Waals surface area contributed by atoms with Crippen LogP contribution in [0.4, 0.5) is 4.79 Å². The first kappa shape index (κ1) is 24.7. The van der Waals surface area contributed by atoms with Crippen molar-refractivity contribution in [3.8, 4) is 11.1 Å². The largest absolute Gasteiger partial charge is 0.480 e. The molecule has 2 amide bonds. The Morgan fingerprint density at radius 2 is 1.63 bits per heavy atom. The number of hydrogen-bond acceptors (Lipinski definition) is 6. The van der Waals surface area contributed by atoms with E-state index in [1.165, 1.54) is 0 Å². The maximum Gasteiger partial charge on any atom is 0.407 e. The zero-order chi connectivity index (χ0) is 25.2. The van der Waals surface area contributed by atoms with Crippen LogP contribution in [-0.4, -0.2) is 62.7 Å². The molecule has 0 spiro atoms. The summed E-state index contributed by atoms with van der Waals surface area (Å²) < 4.78 is 28.2. The van der Waals surface area contributed by atoms with Crippen LogP contribution in [0.25, 0.3) is 11.1 Å². The predicted molar refractivity (Wildman–Crippen MR) is 129 cm³/mol. The van der Waals surface area contributed by atoms with E-state index < -0.39 is 39.3 Å². The van der Waals surface area contributed by atoms with Gasteiger partial charge in [0.25, 0.3) is 0 Å². The van der Waals surface area contributed by atoms with Crippen LogP contribution >= 0.6 is 0 Å². The van der Waals surface area contributed by atoms with Gasteiger partial charge in [-0.05, 0) is 41.5 Å². The number of aliphatic carboxylic acids is 1. The maximum atomic E-state index is 12.7. The molecule has 0 bridgehead atoms. The third kappa shape index (κ3) is 5.64. The molecule has 2 aromatic carbocycles. The molecule has 1 saturated carbocycles. The number of fused-ring (bicyclic) bond motifs is 3. The summed E-state index contributed by atoms with van der Waals surface area (Å²) >= 11 is 0. The number of alkyl carbamates (subject to hydrolysis) is 1. The van der Waals surface area contributed by atoms with E-state index in [0.717, 1.165) is 28.5 Å². The number of carbonyl (C=O) groups is 3. The Labute approximate surface area is 203 Å². The zero-order valence-corrected chi connectivity index (χ0v) is 20.1. The van der Waals surface area contributed by atoms with Crippen LogP contribution in [0.5, 0.6) is 0 Å². The van der Waals surface area contributed by atoms with Crippen molar-refractivity contribution < 1.29 is 32.6 Å². The second-order valence-electron chi connectivity index (χ2n) is 9.24. The van der Waals surface area contributed by atoms with Gasteiger partial charge in [-0.3, -0.25) is 4.79 Å². The summed E-state index contributed by atoms with van der Waals surface area (Å²) in [6.45, 7) is 0.152. The average Bonchev–Trinajstić information content (AvgIpc) is 3.55. The molecule has 0 saturated heterocycles. The minimum absolute atomic E-state index is 0.00786. The molecule has 35 heavy (non-hydrogen) atoms. The standard InChI is InChI=1S/C25H28N2O7S/c1-35(32,33)13-10-21(22(28)29)27-23(30)25(11-12-25)15-26-24(31)34-14-20-18-8-4-2-6-16(18)17-7-3-5-9-19(17)20/h2-9,20-21H,10-15H2,1H3,(H,26,31)(H,27,30)(H,28,29). The fourth-order valence-corrected chi connectivity index (χ4v) is 5.09. The highest BCUT2D eigenvalue weighted by molar-refractivity contribution is 7.90. The second-order valence-corrected chi connectivity index (χ2v) is 11.5. The molecule has 4 rings (SSSR count). The molecule has 1 fully saturated rings. The lowest BCUT2D eigenvalue weighted by Gasteiger charge is -2.20. The van der Waals surface area contributed by atoms with Crippen LogP contribution in [0, 0.1) is 5.41 Å². The molecular weight excluding hydrogens is 472 g/mol. The molecule has 9 nitrogen and oxygen atoms in total. The Morgan fingerprint density at radius 3 is 2.14 bits per heavy atom. The molecule has 1 unspecified atom stereocenters. The van der Waals surface area contributed by atoms with Crippen molar-refractivity contribution in [3.63, 3.8) is 0 Å². The lowest BCUT2D eigenvalue weighted by molar-refractivity contribution is -0.142. The van der Waals surface area contributed by atoms with Crippen LogP contribution in [0.2, 0.25) is 0 Å². The van der Waals surface area contributed by atoms with E-state index in [2.05, 4.69) is 10.6 Å². The number of carboxylic acids is 1. The highest BCUT2D eigenvalue weighted by Gasteiger charge is 2.50. The Balaban J connectivity index is 1.31. The molecule has 0 radical (unpaired) electrons.